The first kappa shape index (κ1) is 23.8. The molecule has 0 bridgehead atoms. The number of ether oxygens (including phenoxy) is 1. The third kappa shape index (κ3) is 8.07. The molecule has 0 unspecified atom stereocenters. The summed E-state index contributed by atoms with van der Waals surface area (Å²) in [5.74, 6) is 0.668. The molecule has 11 heteroatoms. The molecule has 2 N–H and O–H groups in total. The Morgan fingerprint density at radius 1 is 1.17 bits per heavy atom. The number of carbonyl (C=O) groups excluding carboxylic acids is 1. The monoisotopic (exact) mass is 432 g/mol. The lowest BCUT2D eigenvalue weighted by atomic mass is 10.1. The summed E-state index contributed by atoms with van der Waals surface area (Å²) in [6.07, 6.45) is 1.43. The fourth-order valence-electron chi connectivity index (χ4n) is 3.25. The van der Waals surface area contributed by atoms with Crippen LogP contribution >= 0.6 is 0 Å². The van der Waals surface area contributed by atoms with Gasteiger partial charge < -0.3 is 20.3 Å². The van der Waals surface area contributed by atoms with Gasteiger partial charge in [-0.15, -0.1) is 0 Å². The highest BCUT2D eigenvalue weighted by Gasteiger charge is 2.27. The molecule has 2 saturated heterocycles. The van der Waals surface area contributed by atoms with Crippen molar-refractivity contribution in [2.75, 3.05) is 78.9 Å². The van der Waals surface area contributed by atoms with Gasteiger partial charge in [-0.25, -0.2) is 17.7 Å². The van der Waals surface area contributed by atoms with Crippen LogP contribution in [0.4, 0.5) is 0 Å². The van der Waals surface area contributed by atoms with Crippen molar-refractivity contribution in [1.29, 1.82) is 0 Å². The van der Waals surface area contributed by atoms with Gasteiger partial charge in [0.2, 0.25) is 15.9 Å². The van der Waals surface area contributed by atoms with Gasteiger partial charge in [-0.1, -0.05) is 0 Å². The number of hydrogen-bond donors (Lipinski definition) is 2. The Balaban J connectivity index is 1.87. The largest absolute Gasteiger partial charge is 0.379 e. The Morgan fingerprint density at radius 3 is 2.41 bits per heavy atom. The molecule has 0 spiro atoms. The molecule has 2 fully saturated rings. The molecule has 1 amide bonds. The summed E-state index contributed by atoms with van der Waals surface area (Å²) in [4.78, 5) is 20.2. The minimum absolute atomic E-state index is 0.0665. The summed E-state index contributed by atoms with van der Waals surface area (Å²) < 4.78 is 31.0. The molecule has 0 aromatic heterocycles. The first-order valence-electron chi connectivity index (χ1n) is 10.3. The van der Waals surface area contributed by atoms with Crippen molar-refractivity contribution in [3.8, 4) is 0 Å². The fourth-order valence-corrected chi connectivity index (χ4v) is 4.38. The topological polar surface area (TPSA) is 107 Å². The van der Waals surface area contributed by atoms with Crippen molar-refractivity contribution in [1.82, 2.24) is 24.7 Å². The first-order valence-corrected chi connectivity index (χ1v) is 12.0. The van der Waals surface area contributed by atoms with Gasteiger partial charge in [0.15, 0.2) is 5.96 Å². The van der Waals surface area contributed by atoms with Gasteiger partial charge in [-0.3, -0.25) is 9.69 Å². The highest BCUT2D eigenvalue weighted by atomic mass is 32.2. The van der Waals surface area contributed by atoms with Gasteiger partial charge in [0.25, 0.3) is 0 Å². The average Bonchev–Trinajstić information content (AvgIpc) is 2.72. The number of nitrogens with one attached hydrogen (secondary N) is 2. The molecule has 0 aromatic rings. The highest BCUT2D eigenvalue weighted by molar-refractivity contribution is 7.89. The van der Waals surface area contributed by atoms with Gasteiger partial charge >= 0.3 is 0 Å². The number of likely N-dealkylation sites (N-methyl/N-ethyl adjacent to an activating group) is 1. The number of guanidine groups is 1. The number of sulfonamides is 1. The number of rotatable bonds is 8. The van der Waals surface area contributed by atoms with Crippen molar-refractivity contribution in [2.45, 2.75) is 25.8 Å². The quantitative estimate of drug-likeness (QED) is 0.365. The van der Waals surface area contributed by atoms with E-state index in [1.54, 1.807) is 25.3 Å². The number of carbonyl (C=O) groups is 1. The minimum Gasteiger partial charge on any atom is -0.379 e. The second-order valence-corrected chi connectivity index (χ2v) is 9.81. The van der Waals surface area contributed by atoms with Crippen LogP contribution in [-0.4, -0.2) is 119 Å². The molecular weight excluding hydrogens is 396 g/mol. The van der Waals surface area contributed by atoms with E-state index in [9.17, 15) is 13.2 Å². The lowest BCUT2D eigenvalue weighted by Crippen LogP contribution is -2.51. The number of amides is 1. The zero-order valence-corrected chi connectivity index (χ0v) is 18.7. The van der Waals surface area contributed by atoms with Crippen LogP contribution < -0.4 is 10.6 Å². The lowest BCUT2D eigenvalue weighted by molar-refractivity contribution is -0.127. The predicted octanol–water partition coefficient (Wildman–Crippen LogP) is -1.24. The Bertz CT molecular complexity index is 641. The summed E-state index contributed by atoms with van der Waals surface area (Å²) in [6.45, 7) is 7.70. The van der Waals surface area contributed by atoms with Gasteiger partial charge in [0, 0.05) is 59.4 Å². The molecular formula is C18H36N6O4S. The SMILES string of the molecule is CCS(=O)(=O)N1CCC(NC(=NCC(=O)N(C)C)NCCN2CCOCC2)CC1. The van der Waals surface area contributed by atoms with E-state index in [1.165, 1.54) is 4.90 Å². The Morgan fingerprint density at radius 2 is 1.83 bits per heavy atom. The summed E-state index contributed by atoms with van der Waals surface area (Å²) in [5.41, 5.74) is 0. The molecule has 0 aromatic carbocycles. The first-order chi connectivity index (χ1) is 13.8. The van der Waals surface area contributed by atoms with E-state index < -0.39 is 10.0 Å². The van der Waals surface area contributed by atoms with Crippen molar-refractivity contribution in [2.24, 2.45) is 4.99 Å². The van der Waals surface area contributed by atoms with E-state index >= 15 is 0 Å². The van der Waals surface area contributed by atoms with Crippen LogP contribution in [0.5, 0.6) is 0 Å². The molecule has 0 atom stereocenters. The maximum absolute atomic E-state index is 12.0. The van der Waals surface area contributed by atoms with E-state index in [4.69, 9.17) is 4.74 Å². The number of morpholine rings is 1. The maximum Gasteiger partial charge on any atom is 0.243 e. The molecule has 2 rings (SSSR count). The highest BCUT2D eigenvalue weighted by Crippen LogP contribution is 2.14. The molecule has 2 heterocycles. The second kappa shape index (κ2) is 11.7. The Labute approximate surface area is 174 Å². The van der Waals surface area contributed by atoms with Crippen LogP contribution in [0.1, 0.15) is 19.8 Å². The zero-order chi connectivity index (χ0) is 21.3. The van der Waals surface area contributed by atoms with Crippen LogP contribution in [0.25, 0.3) is 0 Å². The fraction of sp³-hybridized carbons (Fsp3) is 0.889. The van der Waals surface area contributed by atoms with E-state index in [-0.39, 0.29) is 24.2 Å². The summed E-state index contributed by atoms with van der Waals surface area (Å²) in [7, 11) is 0.281. The second-order valence-electron chi connectivity index (χ2n) is 7.55. The predicted molar refractivity (Wildman–Crippen MR) is 113 cm³/mol. The van der Waals surface area contributed by atoms with Crippen LogP contribution in [-0.2, 0) is 19.6 Å². The number of nitrogens with zero attached hydrogens (tertiary/aromatic N) is 4. The third-order valence-electron chi connectivity index (χ3n) is 5.25. The van der Waals surface area contributed by atoms with Crippen LogP contribution in [0, 0.1) is 0 Å². The molecule has 29 heavy (non-hydrogen) atoms. The molecule has 168 valence electrons. The van der Waals surface area contributed by atoms with Crippen LogP contribution in [0.15, 0.2) is 4.99 Å². The van der Waals surface area contributed by atoms with Gasteiger partial charge in [-0.2, -0.15) is 0 Å². The molecule has 2 aliphatic rings. The number of aliphatic imine (C=N–C) groups is 1. The third-order valence-corrected chi connectivity index (χ3v) is 7.13. The van der Waals surface area contributed by atoms with Crippen molar-refractivity contribution in [3.63, 3.8) is 0 Å². The van der Waals surface area contributed by atoms with E-state index in [0.717, 1.165) is 32.8 Å². The lowest BCUT2D eigenvalue weighted by Gasteiger charge is -2.32. The van der Waals surface area contributed by atoms with Crippen LogP contribution in [0.2, 0.25) is 0 Å². The maximum atomic E-state index is 12.0. The molecule has 2 aliphatic heterocycles. The minimum atomic E-state index is -3.14. The Hall–Kier alpha value is -1.43. The van der Waals surface area contributed by atoms with E-state index in [2.05, 4.69) is 20.5 Å². The van der Waals surface area contributed by atoms with Gasteiger partial charge in [0.05, 0.1) is 19.0 Å². The molecule has 10 nitrogen and oxygen atoms in total. The number of hydrogen-bond acceptors (Lipinski definition) is 6. The molecule has 0 aliphatic carbocycles. The zero-order valence-electron chi connectivity index (χ0n) is 17.9. The van der Waals surface area contributed by atoms with Crippen molar-refractivity contribution >= 4 is 21.9 Å². The average molecular weight is 433 g/mol. The Kier molecular flexibility index (Phi) is 9.60. The normalized spacial score (nSPS) is 20.4. The molecule has 0 saturated carbocycles. The molecule has 0 radical (unpaired) electrons. The standard InChI is InChI=1S/C18H36N6O4S/c1-4-29(26,27)24-8-5-16(6-9-24)21-18(20-15-17(25)22(2)3)19-7-10-23-11-13-28-14-12-23/h16H,4-15H2,1-3H3,(H2,19,20,21). The van der Waals surface area contributed by atoms with E-state index in [0.29, 0.717) is 38.4 Å². The van der Waals surface area contributed by atoms with Crippen molar-refractivity contribution in [3.05, 3.63) is 0 Å². The summed E-state index contributed by atoms with van der Waals surface area (Å²) in [5, 5.41) is 6.70. The smallest absolute Gasteiger partial charge is 0.243 e. The van der Waals surface area contributed by atoms with Crippen LogP contribution in [0.3, 0.4) is 0 Å². The van der Waals surface area contributed by atoms with E-state index in [1.807, 2.05) is 0 Å². The van der Waals surface area contributed by atoms with Gasteiger partial charge in [0.1, 0.15) is 6.54 Å². The summed E-state index contributed by atoms with van der Waals surface area (Å²) >= 11 is 0. The van der Waals surface area contributed by atoms with Gasteiger partial charge in [-0.05, 0) is 19.8 Å². The van der Waals surface area contributed by atoms with Crippen molar-refractivity contribution < 1.29 is 17.9 Å². The summed E-state index contributed by atoms with van der Waals surface area (Å²) in [6, 6.07) is 0.127. The number of piperidine rings is 1.